The number of amidine groups is 1. The van der Waals surface area contributed by atoms with Crippen LogP contribution in [0.25, 0.3) is 4.91 Å². The minimum atomic E-state index is -3.72. The molecule has 1 fully saturated rings. The Morgan fingerprint density at radius 1 is 1.10 bits per heavy atom. The van der Waals surface area contributed by atoms with Crippen molar-refractivity contribution in [3.8, 4) is 0 Å². The van der Waals surface area contributed by atoms with Crippen molar-refractivity contribution in [1.29, 1.82) is 0 Å². The summed E-state index contributed by atoms with van der Waals surface area (Å²) >= 11 is 0. The number of benzene rings is 1. The molecule has 0 bridgehead atoms. The maximum absolute atomic E-state index is 12.8. The molecule has 0 aromatic heterocycles. The van der Waals surface area contributed by atoms with Crippen molar-refractivity contribution in [3.05, 3.63) is 41.0 Å². The summed E-state index contributed by atoms with van der Waals surface area (Å²) in [6.45, 7) is 10.5. The zero-order valence-corrected chi connectivity index (χ0v) is 18.6. The highest BCUT2D eigenvalue weighted by Gasteiger charge is 2.34. The molecule has 29 heavy (non-hydrogen) atoms. The molecule has 1 aromatic carbocycles. The van der Waals surface area contributed by atoms with Crippen molar-refractivity contribution >= 4 is 26.7 Å². The molecule has 1 atom stereocenters. The van der Waals surface area contributed by atoms with Gasteiger partial charge in [0.1, 0.15) is 10.7 Å². The molecule has 158 valence electrons. The number of hydrogen-bond donors (Lipinski definition) is 0. The Balaban J connectivity index is 1.80. The van der Waals surface area contributed by atoms with Crippen LogP contribution in [0.4, 0.5) is 0 Å². The van der Waals surface area contributed by atoms with Gasteiger partial charge in [-0.1, -0.05) is 50.1 Å². The number of aryl methyl sites for hydroxylation is 1. The Hall–Kier alpha value is -2.15. The van der Waals surface area contributed by atoms with E-state index in [0.29, 0.717) is 48.1 Å². The lowest BCUT2D eigenvalue weighted by atomic mass is 10.0. The monoisotopic (exact) mass is 417 g/mol. The van der Waals surface area contributed by atoms with Gasteiger partial charge in [0.25, 0.3) is 10.0 Å². The molecule has 1 aromatic rings. The Morgan fingerprint density at radius 2 is 1.79 bits per heavy atom. The predicted molar refractivity (Wildman–Crippen MR) is 117 cm³/mol. The molecule has 1 amide bonds. The first-order valence-electron chi connectivity index (χ1n) is 10.4. The van der Waals surface area contributed by atoms with Gasteiger partial charge in [0.05, 0.1) is 0 Å². The molecule has 0 radical (unpaired) electrons. The molecular weight excluding hydrogens is 386 g/mol. The normalized spacial score (nSPS) is 20.5. The highest BCUT2D eigenvalue weighted by molar-refractivity contribution is 8.00. The first-order chi connectivity index (χ1) is 13.7. The van der Waals surface area contributed by atoms with Crippen LogP contribution in [0, 0.1) is 12.8 Å². The molecule has 2 aliphatic rings. The van der Waals surface area contributed by atoms with Crippen LogP contribution in [-0.2, 0) is 14.8 Å². The van der Waals surface area contributed by atoms with Gasteiger partial charge in [-0.25, -0.2) is 0 Å². The molecule has 3 rings (SSSR count). The number of sulfonamides is 1. The van der Waals surface area contributed by atoms with Crippen molar-refractivity contribution in [2.75, 3.05) is 26.2 Å². The molecule has 0 saturated carbocycles. The predicted octanol–water partition coefficient (Wildman–Crippen LogP) is 3.44. The Labute approximate surface area is 174 Å². The summed E-state index contributed by atoms with van der Waals surface area (Å²) < 4.78 is 29.7. The van der Waals surface area contributed by atoms with Crippen LogP contribution in [0.3, 0.4) is 0 Å². The van der Waals surface area contributed by atoms with E-state index in [0.717, 1.165) is 24.8 Å². The number of carbonyl (C=O) groups excluding carboxylic acids is 1. The minimum Gasteiger partial charge on any atom is -0.354 e. The Kier molecular flexibility index (Phi) is 6.46. The molecule has 0 spiro atoms. The second kappa shape index (κ2) is 8.69. The largest absolute Gasteiger partial charge is 0.354 e. The smallest absolute Gasteiger partial charge is 0.285 e. The zero-order valence-electron chi connectivity index (χ0n) is 17.8. The highest BCUT2D eigenvalue weighted by Crippen LogP contribution is 2.34. The molecule has 2 aliphatic heterocycles. The fraction of sp³-hybridized carbons (Fsp3) is 0.545. The van der Waals surface area contributed by atoms with Crippen LogP contribution < -0.4 is 0 Å². The van der Waals surface area contributed by atoms with Crippen molar-refractivity contribution < 1.29 is 13.2 Å². The van der Waals surface area contributed by atoms with E-state index in [1.165, 1.54) is 0 Å². The van der Waals surface area contributed by atoms with Crippen molar-refractivity contribution in [2.24, 2.45) is 10.3 Å². The van der Waals surface area contributed by atoms with E-state index in [4.69, 9.17) is 0 Å². The third-order valence-corrected chi connectivity index (χ3v) is 7.18. The van der Waals surface area contributed by atoms with Gasteiger partial charge >= 0.3 is 0 Å². The summed E-state index contributed by atoms with van der Waals surface area (Å²) in [5.41, 5.74) is 2.44. The fourth-order valence-electron chi connectivity index (χ4n) is 4.11. The standard InChI is InChI=1S/C22H31N3O3S/c1-5-7-17(3)22(26)25-13-6-12-24(14-15-25)21-18(4)20(29(27,28)23-21)19-10-8-16(2)9-11-19/h8-11,17H,5-7,12-15H2,1-4H3/t17-/m0/s1. The molecule has 6 nitrogen and oxygen atoms in total. The first-order valence-corrected chi connectivity index (χ1v) is 11.9. The van der Waals surface area contributed by atoms with Crippen LogP contribution in [0.15, 0.2) is 34.2 Å². The highest BCUT2D eigenvalue weighted by atomic mass is 32.2. The first kappa shape index (κ1) is 21.6. The fourth-order valence-corrected chi connectivity index (χ4v) is 5.59. The quantitative estimate of drug-likeness (QED) is 0.752. The van der Waals surface area contributed by atoms with Crippen LogP contribution in [0.1, 0.15) is 51.2 Å². The number of nitrogens with zero attached hydrogens (tertiary/aromatic N) is 3. The SMILES string of the molecule is CCC[C@H](C)C(=O)N1CCCN(C2=NS(=O)(=O)C(c3ccc(C)cc3)=C2C)CC1. The maximum Gasteiger partial charge on any atom is 0.285 e. The summed E-state index contributed by atoms with van der Waals surface area (Å²) in [6, 6.07) is 7.50. The summed E-state index contributed by atoms with van der Waals surface area (Å²) in [4.78, 5) is 16.9. The van der Waals surface area contributed by atoms with E-state index in [2.05, 4.69) is 11.3 Å². The van der Waals surface area contributed by atoms with Crippen molar-refractivity contribution in [2.45, 2.75) is 47.0 Å². The molecule has 2 heterocycles. The van der Waals surface area contributed by atoms with Crippen LogP contribution in [-0.4, -0.2) is 56.1 Å². The lowest BCUT2D eigenvalue weighted by Gasteiger charge is -2.25. The van der Waals surface area contributed by atoms with Gasteiger partial charge < -0.3 is 9.80 Å². The number of carbonyl (C=O) groups is 1. The van der Waals surface area contributed by atoms with Crippen LogP contribution in [0.2, 0.25) is 0 Å². The van der Waals surface area contributed by atoms with E-state index >= 15 is 0 Å². The Bertz CT molecular complexity index is 933. The summed E-state index contributed by atoms with van der Waals surface area (Å²) in [5.74, 6) is 0.754. The second-order valence-electron chi connectivity index (χ2n) is 8.07. The van der Waals surface area contributed by atoms with Crippen molar-refractivity contribution in [3.63, 3.8) is 0 Å². The molecular formula is C22H31N3O3S. The number of amides is 1. The average molecular weight is 418 g/mol. The van der Waals surface area contributed by atoms with E-state index in [1.54, 1.807) is 0 Å². The minimum absolute atomic E-state index is 0.0329. The molecule has 0 aliphatic carbocycles. The summed E-state index contributed by atoms with van der Waals surface area (Å²) in [6.07, 6.45) is 2.69. The average Bonchev–Trinajstić information content (AvgIpc) is 2.83. The Morgan fingerprint density at radius 3 is 2.45 bits per heavy atom. The molecule has 7 heteroatoms. The molecule has 0 N–H and O–H groups in total. The van der Waals surface area contributed by atoms with Gasteiger partial charge in [0.2, 0.25) is 5.91 Å². The van der Waals surface area contributed by atoms with Gasteiger partial charge in [-0.2, -0.15) is 8.42 Å². The van der Waals surface area contributed by atoms with Gasteiger partial charge in [-0.15, -0.1) is 4.40 Å². The van der Waals surface area contributed by atoms with E-state index < -0.39 is 10.0 Å². The summed E-state index contributed by atoms with van der Waals surface area (Å²) in [5, 5.41) is 0. The molecule has 1 saturated heterocycles. The van der Waals surface area contributed by atoms with E-state index in [9.17, 15) is 13.2 Å². The second-order valence-corrected chi connectivity index (χ2v) is 9.61. The zero-order chi connectivity index (χ0) is 21.2. The topological polar surface area (TPSA) is 70.1 Å². The number of hydrogen-bond acceptors (Lipinski definition) is 4. The van der Waals surface area contributed by atoms with Gasteiger partial charge in [-0.3, -0.25) is 4.79 Å². The molecule has 0 unspecified atom stereocenters. The van der Waals surface area contributed by atoms with Crippen molar-refractivity contribution in [1.82, 2.24) is 9.80 Å². The third kappa shape index (κ3) is 4.55. The van der Waals surface area contributed by atoms with Gasteiger partial charge in [0, 0.05) is 37.7 Å². The number of rotatable bonds is 4. The third-order valence-electron chi connectivity index (χ3n) is 5.70. The lowest BCUT2D eigenvalue weighted by Crippen LogP contribution is -2.39. The summed E-state index contributed by atoms with van der Waals surface area (Å²) in [7, 11) is -3.72. The van der Waals surface area contributed by atoms with Crippen LogP contribution in [0.5, 0.6) is 0 Å². The van der Waals surface area contributed by atoms with Gasteiger partial charge in [-0.05, 0) is 32.3 Å². The lowest BCUT2D eigenvalue weighted by molar-refractivity contribution is -0.135. The van der Waals surface area contributed by atoms with E-state index in [-0.39, 0.29) is 11.8 Å². The van der Waals surface area contributed by atoms with Gasteiger partial charge in [0.15, 0.2) is 0 Å². The maximum atomic E-state index is 12.8. The van der Waals surface area contributed by atoms with Crippen LogP contribution >= 0.6 is 0 Å². The van der Waals surface area contributed by atoms with E-state index in [1.807, 2.05) is 54.8 Å².